The molecule has 638 valence electrons. The number of halogens is 36. The Bertz CT molecular complexity index is 6990. The van der Waals surface area contributed by atoms with E-state index in [0.29, 0.717) is 12.1 Å². The third kappa shape index (κ3) is 12.5. The second kappa shape index (κ2) is 25.1. The molecule has 16 bridgehead atoms. The van der Waals surface area contributed by atoms with Gasteiger partial charge in [-0.2, -0.15) is 158 Å². The Morgan fingerprint density at radius 3 is 0.468 bits per heavy atom. The van der Waals surface area contributed by atoms with Gasteiger partial charge in [-0.3, -0.25) is 0 Å². The first-order valence-corrected chi connectivity index (χ1v) is 33.5. The molecule has 16 nitrogen and oxygen atoms in total. The molecular weight excluding hydrogens is 1770 g/mol. The molecule has 0 saturated carbocycles. The number of rotatable bonds is 0. The molecule has 4 aliphatic heterocycles. The number of benzene rings is 7. The average Bonchev–Trinajstić information content (AvgIpc) is 1.53. The van der Waals surface area contributed by atoms with Crippen molar-refractivity contribution < 1.29 is 158 Å². The fourth-order valence-electron chi connectivity index (χ4n) is 15.4. The van der Waals surface area contributed by atoms with Gasteiger partial charge >= 0.3 is 74.1 Å². The highest BCUT2D eigenvalue weighted by atomic mass is 19.5. The molecule has 0 radical (unpaired) electrons. The number of aromatic nitrogens is 16. The van der Waals surface area contributed by atoms with Crippen LogP contribution in [0.5, 0.6) is 0 Å². The summed E-state index contributed by atoms with van der Waals surface area (Å²) in [5, 5.41) is -13.5. The van der Waals surface area contributed by atoms with Crippen LogP contribution in [0.25, 0.3) is 168 Å². The number of alkyl halides is 36. The monoisotopic (exact) mass is 1790 g/mol. The first kappa shape index (κ1) is 81.5. The van der Waals surface area contributed by atoms with Gasteiger partial charge in [0.1, 0.15) is 45.2 Å². The molecule has 0 saturated heterocycles. The quantitative estimate of drug-likeness (QED) is 0.104. The maximum Gasteiger partial charge on any atom is 0.417 e. The van der Waals surface area contributed by atoms with Crippen molar-refractivity contribution in [3.8, 4) is 68.3 Å². The maximum absolute atomic E-state index is 15.6. The first-order valence-electron chi connectivity index (χ1n) is 33.5. The normalized spacial score (nSPS) is 14.4. The number of aromatic amines is 4. The van der Waals surface area contributed by atoms with Crippen LogP contribution in [0.15, 0.2) is 84.9 Å². The van der Waals surface area contributed by atoms with E-state index in [-0.39, 0.29) is 72.8 Å². The van der Waals surface area contributed by atoms with Gasteiger partial charge in [-0.25, -0.2) is 59.8 Å². The van der Waals surface area contributed by atoms with Crippen molar-refractivity contribution in [3.05, 3.63) is 174 Å². The minimum absolute atomic E-state index is 0.285. The van der Waals surface area contributed by atoms with Crippen LogP contribution in [0.2, 0.25) is 0 Å². The third-order valence-corrected chi connectivity index (χ3v) is 20.1. The first-order chi connectivity index (χ1) is 57.1. The molecule has 0 unspecified atom stereocenters. The van der Waals surface area contributed by atoms with Crippen molar-refractivity contribution in [2.45, 2.75) is 74.1 Å². The Morgan fingerprint density at radius 2 is 0.298 bits per heavy atom. The number of hydrogen-bond acceptors (Lipinski definition) is 12. The molecule has 0 fully saturated rings. The lowest BCUT2D eigenvalue weighted by Crippen LogP contribution is -2.13. The molecule has 0 amide bonds. The standard InChI is InChI=1S/C72H18F36N16/c73-61(74,75)19-1-3-21(63(79,80)81)35-33(19)49-110-45-17-13-15-16(14-18(17)46(109-45)111-50-34-20(62(76,77)78)2-4-22(64(82,83)84)36(34)54(116-50)120-58-42-28(70(100,101)102)10-9-27(69(97,98)99)41(42)57(123-58)119-53(35)115-49)32-31(15)47-112-48(32)114-52-38-24(66(88,89)90)6-8-26(68(94,95)96)40(38)56(118-52)122-60-44-30(72(106,107)108)12-11-29(71(103,104)105)43(44)59(124-60)121-55-39-25(67(91,92)93)7-5-23(65(85,86)87)37(39)51(113-47)117-55/h1-14H,(H2,109,110,111,115,116,119,120,123)(H2,112,113,114,117,118,121,122,124). The van der Waals surface area contributed by atoms with E-state index in [1.54, 1.807) is 4.98 Å². The molecule has 1 aliphatic carbocycles. The predicted molar refractivity (Wildman–Crippen MR) is 353 cm³/mol. The number of H-pyrrole nitrogens is 4. The van der Waals surface area contributed by atoms with Crippen molar-refractivity contribution in [2.24, 2.45) is 0 Å². The summed E-state index contributed by atoms with van der Waals surface area (Å²) in [6.07, 6.45) is -71.8. The summed E-state index contributed by atoms with van der Waals surface area (Å²) in [6, 6.07) is -2.62. The molecular formula is C72H18F36N16. The van der Waals surface area contributed by atoms with Crippen LogP contribution in [0.4, 0.5) is 158 Å². The average molecular weight is 1790 g/mol. The van der Waals surface area contributed by atoms with Crippen LogP contribution in [-0.2, 0) is 74.1 Å². The minimum atomic E-state index is -6.00. The van der Waals surface area contributed by atoms with Gasteiger partial charge < -0.3 is 19.9 Å². The Kier molecular flexibility index (Phi) is 16.5. The second-order valence-corrected chi connectivity index (χ2v) is 27.3. The summed E-state index contributed by atoms with van der Waals surface area (Å²) in [7, 11) is 0. The van der Waals surface area contributed by atoms with Crippen LogP contribution >= 0.6 is 0 Å². The molecule has 5 aliphatic rings. The van der Waals surface area contributed by atoms with Gasteiger partial charge in [-0.05, 0) is 96.1 Å². The van der Waals surface area contributed by atoms with Gasteiger partial charge in [0.2, 0.25) is 0 Å². The minimum Gasteiger partial charge on any atom is -0.324 e. The highest BCUT2D eigenvalue weighted by Gasteiger charge is 2.52. The Hall–Kier alpha value is -13.5. The van der Waals surface area contributed by atoms with E-state index >= 15 is 158 Å². The smallest absolute Gasteiger partial charge is 0.324 e. The summed E-state index contributed by atoms with van der Waals surface area (Å²) in [4.78, 5) is 53.1. The SMILES string of the molecule is FC(F)(F)c1ccc(C(F)(F)F)c2c1-c1nc-2nc2[nH]c(nc3nc(nc4[nH]c(n1)c1cc5c(cc41)C1=C5c4nc1nc1[nH]c(nc5nc(nc6[nH]c(n4)c4c(C(F)(F)F)ccc(C(F)(F)F)c64)-c4c(C(F)(F)F)ccc(C(F)(F)F)c4-5)c4c(C(F)(F)F)ccc(C(F)(F)F)c14)-c1c(C(F)(F)F)ccc(C(F)(F)F)c1-3)c1c(C(F)(F)F)ccc(C(F)(F)F)c21. The summed E-state index contributed by atoms with van der Waals surface area (Å²) in [5.74, 6) is -14.0. The van der Waals surface area contributed by atoms with Crippen molar-refractivity contribution in [3.63, 3.8) is 0 Å². The highest BCUT2D eigenvalue weighted by Crippen LogP contribution is 2.58. The van der Waals surface area contributed by atoms with Gasteiger partial charge in [0, 0.05) is 87.6 Å². The van der Waals surface area contributed by atoms with Crippen LogP contribution in [0, 0.1) is 0 Å². The molecule has 18 rings (SSSR count). The molecule has 13 aromatic rings. The van der Waals surface area contributed by atoms with E-state index in [1.807, 2.05) is 9.97 Å². The van der Waals surface area contributed by atoms with E-state index in [0.717, 1.165) is 0 Å². The predicted octanol–water partition coefficient (Wildman–Crippen LogP) is 24.3. The molecule has 6 aromatic heterocycles. The molecule has 4 N–H and O–H groups in total. The van der Waals surface area contributed by atoms with Gasteiger partial charge in [0.15, 0.2) is 46.6 Å². The number of hydrogen-bond donors (Lipinski definition) is 4. The van der Waals surface area contributed by atoms with E-state index in [9.17, 15) is 0 Å². The van der Waals surface area contributed by atoms with Crippen molar-refractivity contribution in [1.29, 1.82) is 0 Å². The summed E-state index contributed by atoms with van der Waals surface area (Å²) in [6.45, 7) is 0. The number of nitrogens with one attached hydrogen (secondary N) is 4. The topological polar surface area (TPSA) is 218 Å². The lowest BCUT2D eigenvalue weighted by Gasteiger charge is -2.22. The molecule has 0 atom stereocenters. The molecule has 10 heterocycles. The molecule has 7 aromatic carbocycles. The molecule has 52 heteroatoms. The maximum atomic E-state index is 15.6. The zero-order valence-electron chi connectivity index (χ0n) is 58.1. The number of nitrogens with zero attached hydrogens (tertiary/aromatic N) is 12. The zero-order chi connectivity index (χ0) is 89.8. The summed E-state index contributed by atoms with van der Waals surface area (Å²) in [5.41, 5.74) is -55.9. The zero-order valence-corrected chi connectivity index (χ0v) is 58.1. The van der Waals surface area contributed by atoms with Gasteiger partial charge in [-0.15, -0.1) is 0 Å². The molecule has 0 spiro atoms. The summed E-state index contributed by atoms with van der Waals surface area (Å²) < 4.78 is 558. The van der Waals surface area contributed by atoms with Crippen LogP contribution < -0.4 is 0 Å². The van der Waals surface area contributed by atoms with Crippen LogP contribution in [0.1, 0.15) is 89.5 Å². The van der Waals surface area contributed by atoms with E-state index in [1.165, 1.54) is 0 Å². The van der Waals surface area contributed by atoms with Gasteiger partial charge in [0.25, 0.3) is 0 Å². The Labute approximate surface area is 652 Å². The molecule has 124 heavy (non-hydrogen) atoms. The fraction of sp³-hybridized carbons (Fsp3) is 0.167. The van der Waals surface area contributed by atoms with Crippen LogP contribution in [0.3, 0.4) is 0 Å². The lowest BCUT2D eigenvalue weighted by molar-refractivity contribution is -0.140. The van der Waals surface area contributed by atoms with E-state index < -0.39 is 331 Å². The Balaban J connectivity index is 1.05. The van der Waals surface area contributed by atoms with Crippen molar-refractivity contribution >= 4 is 99.4 Å². The van der Waals surface area contributed by atoms with Gasteiger partial charge in [0.05, 0.1) is 66.8 Å². The van der Waals surface area contributed by atoms with Crippen LogP contribution in [-0.4, -0.2) is 79.7 Å². The largest absolute Gasteiger partial charge is 0.417 e. The second-order valence-electron chi connectivity index (χ2n) is 27.3. The van der Waals surface area contributed by atoms with E-state index in [4.69, 9.17) is 0 Å². The van der Waals surface area contributed by atoms with E-state index in [2.05, 4.69) is 64.8 Å². The number of fused-ring (bicyclic) bond motifs is 42. The van der Waals surface area contributed by atoms with Crippen molar-refractivity contribution in [1.82, 2.24) is 79.7 Å². The lowest BCUT2D eigenvalue weighted by atomic mass is 9.80. The Morgan fingerprint density at radius 1 is 0.161 bits per heavy atom. The highest BCUT2D eigenvalue weighted by molar-refractivity contribution is 6.21. The fourth-order valence-corrected chi connectivity index (χ4v) is 15.4. The third-order valence-electron chi connectivity index (χ3n) is 20.1. The van der Waals surface area contributed by atoms with Gasteiger partial charge in [-0.1, -0.05) is 0 Å². The summed E-state index contributed by atoms with van der Waals surface area (Å²) >= 11 is 0. The van der Waals surface area contributed by atoms with Crippen molar-refractivity contribution in [2.75, 3.05) is 0 Å².